The van der Waals surface area contributed by atoms with Crippen molar-refractivity contribution in [1.29, 1.82) is 0 Å². The fourth-order valence-corrected chi connectivity index (χ4v) is 6.39. The third-order valence-electron chi connectivity index (χ3n) is 9.40. The number of rotatable bonds is 11. The molecule has 0 spiro atoms. The van der Waals surface area contributed by atoms with Gasteiger partial charge >= 0.3 is 18.0 Å². The summed E-state index contributed by atoms with van der Waals surface area (Å²) >= 11 is 0. The van der Waals surface area contributed by atoms with Crippen molar-refractivity contribution in [1.82, 2.24) is 25.3 Å². The van der Waals surface area contributed by atoms with Gasteiger partial charge < -0.3 is 30.3 Å². The number of amides is 3. The molecule has 3 N–H and O–H groups in total. The Balaban J connectivity index is 1.16. The summed E-state index contributed by atoms with van der Waals surface area (Å²) in [7, 11) is 0. The molecule has 0 radical (unpaired) electrons. The first kappa shape index (κ1) is 40.6. The van der Waals surface area contributed by atoms with Gasteiger partial charge in [-0.3, -0.25) is 18.8 Å². The van der Waals surface area contributed by atoms with Crippen molar-refractivity contribution >= 4 is 41.3 Å². The molecule has 3 heterocycles. The van der Waals surface area contributed by atoms with Crippen LogP contribution in [0.2, 0.25) is 0 Å². The molecule has 6 rings (SSSR count). The lowest BCUT2D eigenvalue weighted by atomic mass is 10.0. The second-order valence-electron chi connectivity index (χ2n) is 13.7. The molecule has 1 aliphatic rings. The predicted octanol–water partition coefficient (Wildman–Crippen LogP) is 4.68. The number of alkyl carbamates (subject to hydrolysis) is 1. The average molecular weight is 799 g/mol. The highest BCUT2D eigenvalue weighted by Gasteiger charge is 2.35. The zero-order valence-corrected chi connectivity index (χ0v) is 31.3. The first-order valence-corrected chi connectivity index (χ1v) is 18.1. The van der Waals surface area contributed by atoms with Crippen LogP contribution in [-0.2, 0) is 25.7 Å². The fourth-order valence-electron chi connectivity index (χ4n) is 6.39. The summed E-state index contributed by atoms with van der Waals surface area (Å²) in [6.45, 7) is 4.34. The summed E-state index contributed by atoms with van der Waals surface area (Å²) in [4.78, 5) is 83.0. The summed E-state index contributed by atoms with van der Waals surface area (Å²) < 4.78 is 56.0. The molecule has 4 atom stereocenters. The lowest BCUT2D eigenvalue weighted by molar-refractivity contribution is -0.129. The van der Waals surface area contributed by atoms with Crippen molar-refractivity contribution in [3.05, 3.63) is 136 Å². The van der Waals surface area contributed by atoms with Gasteiger partial charge in [0.15, 0.2) is 11.6 Å². The normalized spacial score (nSPS) is 15.9. The van der Waals surface area contributed by atoms with Gasteiger partial charge in [-0.05, 0) is 63.1 Å². The number of nitrogens with one attached hydrogen (secondary N) is 3. The molecule has 1 fully saturated rings. The Morgan fingerprint density at radius 1 is 0.828 bits per heavy atom. The van der Waals surface area contributed by atoms with Crippen LogP contribution in [0.1, 0.15) is 53.5 Å². The summed E-state index contributed by atoms with van der Waals surface area (Å²) in [5, 5.41) is 7.52. The number of nitrogens with zero attached hydrogens (tertiary/aromatic N) is 3. The van der Waals surface area contributed by atoms with Crippen LogP contribution < -0.4 is 26.4 Å². The van der Waals surface area contributed by atoms with Crippen molar-refractivity contribution in [2.24, 2.45) is 0 Å². The number of carbonyl (C=O) groups is 5. The number of hydrogen-bond acceptors (Lipinski definition) is 10. The average Bonchev–Trinajstić information content (AvgIpc) is 3.56. The van der Waals surface area contributed by atoms with E-state index < -0.39 is 82.6 Å². The van der Waals surface area contributed by atoms with Crippen LogP contribution in [0, 0.1) is 17.5 Å². The zero-order valence-electron chi connectivity index (χ0n) is 31.3. The number of carbonyl (C=O) groups excluding carboxylic acids is 5. The van der Waals surface area contributed by atoms with Gasteiger partial charge in [0.1, 0.15) is 41.5 Å². The number of ether oxygens (including phenoxy) is 2. The highest BCUT2D eigenvalue weighted by molar-refractivity contribution is 5.98. The molecular formula is C41H37F3N6O8. The smallest absolute Gasteiger partial charge is 0.415 e. The van der Waals surface area contributed by atoms with Gasteiger partial charge in [0.05, 0.1) is 11.8 Å². The van der Waals surface area contributed by atoms with Crippen LogP contribution in [0.15, 0.2) is 95.9 Å². The topological polar surface area (TPSA) is 178 Å². The molecule has 5 aromatic rings. The van der Waals surface area contributed by atoms with Crippen molar-refractivity contribution < 1.29 is 46.6 Å². The first-order chi connectivity index (χ1) is 27.7. The van der Waals surface area contributed by atoms with Crippen molar-refractivity contribution in [2.75, 3.05) is 11.4 Å². The van der Waals surface area contributed by atoms with Gasteiger partial charge in [0, 0.05) is 35.8 Å². The number of aromatic nitrogens is 2. The SMILES string of the molecule is C[C@H](NC(=O)OC(=O)c1ccccc1)C(=O)N[C@@H](C)C(=O)N[C@H]1C[C@H](C)N(c2nc3c(-c4ccc(F)cc4F)cc(C(=O)OCc4ccccc4)c(=O)n3cc2F)C1. The third-order valence-corrected chi connectivity index (χ3v) is 9.40. The Kier molecular flexibility index (Phi) is 12.2. The number of hydrogen-bond donors (Lipinski definition) is 3. The van der Waals surface area contributed by atoms with E-state index >= 15 is 8.78 Å². The van der Waals surface area contributed by atoms with Gasteiger partial charge in [-0.2, -0.15) is 0 Å². The maximum absolute atomic E-state index is 16.0. The van der Waals surface area contributed by atoms with Gasteiger partial charge in [0.2, 0.25) is 11.8 Å². The summed E-state index contributed by atoms with van der Waals surface area (Å²) in [6.07, 6.45) is -0.0431. The highest BCUT2D eigenvalue weighted by Crippen LogP contribution is 2.32. The highest BCUT2D eigenvalue weighted by atomic mass is 19.1. The summed E-state index contributed by atoms with van der Waals surface area (Å²) in [6, 6.07) is 16.9. The van der Waals surface area contributed by atoms with E-state index in [-0.39, 0.29) is 41.3 Å². The Morgan fingerprint density at radius 3 is 2.19 bits per heavy atom. The number of benzene rings is 3. The minimum absolute atomic E-state index is 0.0290. The molecular weight excluding hydrogens is 761 g/mol. The summed E-state index contributed by atoms with van der Waals surface area (Å²) in [5.74, 6) is -6.44. The minimum atomic E-state index is -1.19. The van der Waals surface area contributed by atoms with Crippen LogP contribution in [0.25, 0.3) is 16.8 Å². The molecule has 0 saturated carbocycles. The van der Waals surface area contributed by atoms with Gasteiger partial charge in [-0.25, -0.2) is 32.5 Å². The maximum atomic E-state index is 16.0. The van der Waals surface area contributed by atoms with E-state index in [0.29, 0.717) is 18.1 Å². The monoisotopic (exact) mass is 798 g/mol. The van der Waals surface area contributed by atoms with E-state index in [2.05, 4.69) is 20.9 Å². The van der Waals surface area contributed by atoms with Crippen molar-refractivity contribution in [3.8, 4) is 11.1 Å². The minimum Gasteiger partial charge on any atom is -0.457 e. The molecule has 0 aliphatic carbocycles. The first-order valence-electron chi connectivity index (χ1n) is 18.1. The molecule has 2 aromatic heterocycles. The molecule has 14 nitrogen and oxygen atoms in total. The molecule has 0 bridgehead atoms. The largest absolute Gasteiger partial charge is 0.457 e. The molecule has 300 valence electrons. The molecule has 58 heavy (non-hydrogen) atoms. The molecule has 3 aromatic carbocycles. The lowest BCUT2D eigenvalue weighted by Gasteiger charge is -2.24. The number of fused-ring (bicyclic) bond motifs is 1. The molecule has 1 aliphatic heterocycles. The van der Waals surface area contributed by atoms with Crippen LogP contribution in [0.3, 0.4) is 0 Å². The zero-order chi connectivity index (χ0) is 41.7. The summed E-state index contributed by atoms with van der Waals surface area (Å²) in [5.41, 5.74) is -1.35. The second-order valence-corrected chi connectivity index (χ2v) is 13.7. The number of halogens is 3. The molecule has 3 amide bonds. The van der Waals surface area contributed by atoms with Crippen LogP contribution in [0.5, 0.6) is 0 Å². The fraction of sp³-hybridized carbons (Fsp3) is 0.244. The van der Waals surface area contributed by atoms with E-state index in [4.69, 9.17) is 9.47 Å². The van der Waals surface area contributed by atoms with E-state index in [1.165, 1.54) is 30.9 Å². The maximum Gasteiger partial charge on any atom is 0.415 e. The Labute approximate surface area is 329 Å². The Hall–Kier alpha value is -7.04. The predicted molar refractivity (Wildman–Crippen MR) is 203 cm³/mol. The third kappa shape index (κ3) is 9.15. The second kappa shape index (κ2) is 17.4. The van der Waals surface area contributed by atoms with Crippen molar-refractivity contribution in [3.63, 3.8) is 0 Å². The van der Waals surface area contributed by atoms with Crippen LogP contribution >= 0.6 is 0 Å². The van der Waals surface area contributed by atoms with E-state index in [1.54, 1.807) is 55.5 Å². The van der Waals surface area contributed by atoms with Gasteiger partial charge in [0.25, 0.3) is 5.56 Å². The van der Waals surface area contributed by atoms with Gasteiger partial charge in [-0.1, -0.05) is 48.5 Å². The van der Waals surface area contributed by atoms with E-state index in [1.807, 2.05) is 0 Å². The van der Waals surface area contributed by atoms with E-state index in [9.17, 15) is 33.2 Å². The number of pyridine rings is 1. The number of esters is 2. The molecule has 1 saturated heterocycles. The quantitative estimate of drug-likeness (QED) is 0.126. The van der Waals surface area contributed by atoms with Crippen LogP contribution in [-0.4, -0.2) is 69.9 Å². The number of anilines is 1. The molecule has 0 unspecified atom stereocenters. The van der Waals surface area contributed by atoms with E-state index in [0.717, 1.165) is 28.8 Å². The molecule has 17 heteroatoms. The standard InChI is InChI=1S/C41H37F3N6O8/c1-22-16-28(47-37(52)23(2)45-36(51)24(3)46-41(56)58-39(54)26-12-8-5-9-13-26)19-49(22)35-33(44)20-50-34(48-35)30(29-15-14-27(42)17-32(29)43)18-31(38(50)53)40(55)57-21-25-10-6-4-7-11-25/h4-15,17-18,20,22-24,28H,16,19,21H2,1-3H3,(H,45,51)(H,46,56)(H,47,52)/t22-,23-,24-,28-/m0/s1. The van der Waals surface area contributed by atoms with Crippen molar-refractivity contribution in [2.45, 2.75) is 58.0 Å². The Morgan fingerprint density at radius 2 is 1.50 bits per heavy atom. The van der Waals surface area contributed by atoms with Crippen LogP contribution in [0.4, 0.5) is 23.8 Å². The van der Waals surface area contributed by atoms with Gasteiger partial charge in [-0.15, -0.1) is 0 Å². The Bertz CT molecular complexity index is 2450. The lowest BCUT2D eigenvalue weighted by Crippen LogP contribution is -2.53.